The summed E-state index contributed by atoms with van der Waals surface area (Å²) in [6.07, 6.45) is 1.24. The quantitative estimate of drug-likeness (QED) is 0.648. The molecule has 0 saturated carbocycles. The summed E-state index contributed by atoms with van der Waals surface area (Å²) in [6.45, 7) is 0. The largest absolute Gasteiger partial charge is 0.345 e. The molecule has 3 nitrogen and oxygen atoms in total. The summed E-state index contributed by atoms with van der Waals surface area (Å²) in [7, 11) is 3.16. The maximum Gasteiger partial charge on any atom is 0.255 e. The van der Waals surface area contributed by atoms with E-state index in [4.69, 9.17) is 11.6 Å². The zero-order valence-electron chi connectivity index (χ0n) is 7.21. The Morgan fingerprint density at radius 3 is 2.69 bits per heavy atom. The number of carbonyl (C=O) groups is 1. The maximum atomic E-state index is 12.8. The molecule has 1 heterocycles. The molecule has 0 atom stereocenters. The lowest BCUT2D eigenvalue weighted by atomic mass is 10.2. The molecule has 1 aromatic rings. The van der Waals surface area contributed by atoms with E-state index in [2.05, 4.69) is 4.98 Å². The Morgan fingerprint density at radius 2 is 2.23 bits per heavy atom. The smallest absolute Gasteiger partial charge is 0.255 e. The number of hydrogen-bond donors (Lipinski definition) is 0. The molecule has 0 fully saturated rings. The fourth-order valence-corrected chi connectivity index (χ4v) is 0.900. The van der Waals surface area contributed by atoms with Crippen molar-refractivity contribution in [1.82, 2.24) is 9.88 Å². The highest BCUT2D eigenvalue weighted by molar-refractivity contribution is 6.29. The van der Waals surface area contributed by atoms with E-state index in [0.717, 1.165) is 6.07 Å². The summed E-state index contributed by atoms with van der Waals surface area (Å²) in [4.78, 5) is 16.1. The second-order valence-electron chi connectivity index (χ2n) is 2.70. The first-order valence-corrected chi connectivity index (χ1v) is 3.93. The number of nitrogens with zero attached hydrogens (tertiary/aromatic N) is 2. The molecule has 0 unspecified atom stereocenters. The Hall–Kier alpha value is -1.16. The molecule has 0 saturated heterocycles. The van der Waals surface area contributed by atoms with Crippen LogP contribution in [-0.4, -0.2) is 29.9 Å². The van der Waals surface area contributed by atoms with Crippen LogP contribution in [0.1, 0.15) is 10.4 Å². The highest BCUT2D eigenvalue weighted by Gasteiger charge is 2.10. The minimum atomic E-state index is -0.686. The van der Waals surface area contributed by atoms with Crippen molar-refractivity contribution >= 4 is 17.5 Å². The Morgan fingerprint density at radius 1 is 1.62 bits per heavy atom. The van der Waals surface area contributed by atoms with E-state index in [-0.39, 0.29) is 16.6 Å². The van der Waals surface area contributed by atoms with E-state index < -0.39 is 5.82 Å². The summed E-state index contributed by atoms with van der Waals surface area (Å²) in [5.41, 5.74) is 0.187. The predicted octanol–water partition coefficient (Wildman–Crippen LogP) is 1.58. The van der Waals surface area contributed by atoms with Gasteiger partial charge in [-0.3, -0.25) is 4.79 Å². The fraction of sp³-hybridized carbons (Fsp3) is 0.250. The van der Waals surface area contributed by atoms with Crippen LogP contribution in [0.3, 0.4) is 0 Å². The van der Waals surface area contributed by atoms with Crippen LogP contribution < -0.4 is 0 Å². The zero-order valence-corrected chi connectivity index (χ0v) is 7.97. The Bertz CT molecular complexity index is 341. The first kappa shape index (κ1) is 9.92. The Kier molecular flexibility index (Phi) is 2.83. The molecule has 0 aliphatic carbocycles. The number of amides is 1. The van der Waals surface area contributed by atoms with Crippen molar-refractivity contribution in [3.8, 4) is 0 Å². The lowest BCUT2D eigenvalue weighted by Crippen LogP contribution is -2.21. The monoisotopic (exact) mass is 202 g/mol. The first-order chi connectivity index (χ1) is 6.02. The van der Waals surface area contributed by atoms with Gasteiger partial charge in [-0.1, -0.05) is 11.6 Å². The fourth-order valence-electron chi connectivity index (χ4n) is 0.796. The van der Waals surface area contributed by atoms with Gasteiger partial charge in [0.25, 0.3) is 5.91 Å². The van der Waals surface area contributed by atoms with Crippen molar-refractivity contribution in [2.75, 3.05) is 14.1 Å². The van der Waals surface area contributed by atoms with Crippen LogP contribution in [-0.2, 0) is 0 Å². The third-order valence-electron chi connectivity index (χ3n) is 1.45. The summed E-state index contributed by atoms with van der Waals surface area (Å²) >= 11 is 5.35. The summed E-state index contributed by atoms with van der Waals surface area (Å²) in [5.74, 6) is -0.988. The normalized spacial score (nSPS) is 9.85. The number of halogens is 2. The van der Waals surface area contributed by atoms with Crippen LogP contribution in [0.15, 0.2) is 12.3 Å². The van der Waals surface area contributed by atoms with Crippen molar-refractivity contribution in [2.45, 2.75) is 0 Å². The number of rotatable bonds is 1. The van der Waals surface area contributed by atoms with Crippen LogP contribution in [0.2, 0.25) is 5.15 Å². The van der Waals surface area contributed by atoms with Gasteiger partial charge in [0.1, 0.15) is 0 Å². The predicted molar refractivity (Wildman–Crippen MR) is 47.2 cm³/mol. The van der Waals surface area contributed by atoms with Gasteiger partial charge >= 0.3 is 0 Å². The van der Waals surface area contributed by atoms with Crippen molar-refractivity contribution in [2.24, 2.45) is 0 Å². The molecule has 0 aromatic carbocycles. The van der Waals surface area contributed by atoms with Crippen LogP contribution in [0.5, 0.6) is 0 Å². The molecule has 1 rings (SSSR count). The molecule has 0 spiro atoms. The molecular weight excluding hydrogens is 195 g/mol. The molecule has 1 amide bonds. The lowest BCUT2D eigenvalue weighted by molar-refractivity contribution is 0.0826. The van der Waals surface area contributed by atoms with Gasteiger partial charge in [0.05, 0.1) is 5.56 Å². The molecule has 0 N–H and O–H groups in total. The van der Waals surface area contributed by atoms with Gasteiger partial charge in [0, 0.05) is 20.3 Å². The van der Waals surface area contributed by atoms with E-state index in [1.54, 1.807) is 14.1 Å². The average molecular weight is 203 g/mol. The molecule has 13 heavy (non-hydrogen) atoms. The lowest BCUT2D eigenvalue weighted by Gasteiger charge is -2.09. The molecule has 0 aliphatic rings. The van der Waals surface area contributed by atoms with E-state index in [0.29, 0.717) is 0 Å². The summed E-state index contributed by atoms with van der Waals surface area (Å²) < 4.78 is 12.8. The van der Waals surface area contributed by atoms with Crippen molar-refractivity contribution in [1.29, 1.82) is 0 Å². The highest BCUT2D eigenvalue weighted by atomic mass is 35.5. The number of carbonyl (C=O) groups excluding carboxylic acids is 1. The van der Waals surface area contributed by atoms with E-state index >= 15 is 0 Å². The van der Waals surface area contributed by atoms with Crippen LogP contribution in [0.4, 0.5) is 4.39 Å². The molecule has 70 valence electrons. The number of hydrogen-bond acceptors (Lipinski definition) is 2. The molecule has 0 bridgehead atoms. The first-order valence-electron chi connectivity index (χ1n) is 3.55. The molecule has 0 aliphatic heterocycles. The molecule has 1 aromatic heterocycles. The Balaban J connectivity index is 3.04. The second kappa shape index (κ2) is 3.70. The molecule has 0 radical (unpaired) electrons. The van der Waals surface area contributed by atoms with E-state index in [9.17, 15) is 9.18 Å². The van der Waals surface area contributed by atoms with E-state index in [1.165, 1.54) is 11.1 Å². The van der Waals surface area contributed by atoms with Crippen molar-refractivity contribution < 1.29 is 9.18 Å². The number of pyridine rings is 1. The van der Waals surface area contributed by atoms with Gasteiger partial charge in [0.15, 0.2) is 11.0 Å². The van der Waals surface area contributed by atoms with Gasteiger partial charge in [-0.15, -0.1) is 0 Å². The highest BCUT2D eigenvalue weighted by Crippen LogP contribution is 2.12. The minimum Gasteiger partial charge on any atom is -0.345 e. The average Bonchev–Trinajstić information content (AvgIpc) is 2.08. The molecular formula is C8H8ClFN2O. The number of aromatic nitrogens is 1. The summed E-state index contributed by atoms with van der Waals surface area (Å²) in [6, 6.07) is 1.07. The van der Waals surface area contributed by atoms with Crippen LogP contribution >= 0.6 is 11.6 Å². The van der Waals surface area contributed by atoms with Crippen molar-refractivity contribution in [3.63, 3.8) is 0 Å². The minimum absolute atomic E-state index is 0.187. The standard InChI is InChI=1S/C8H8ClFN2O/c1-12(2)8(13)5-3-6(10)7(9)11-4-5/h3-4H,1-2H3. The van der Waals surface area contributed by atoms with Gasteiger partial charge < -0.3 is 4.90 Å². The topological polar surface area (TPSA) is 33.2 Å². The van der Waals surface area contributed by atoms with Gasteiger partial charge in [-0.05, 0) is 6.07 Å². The van der Waals surface area contributed by atoms with Crippen LogP contribution in [0, 0.1) is 5.82 Å². The third-order valence-corrected chi connectivity index (χ3v) is 1.73. The zero-order chi connectivity index (χ0) is 10.0. The van der Waals surface area contributed by atoms with Gasteiger partial charge in [-0.2, -0.15) is 0 Å². The summed E-state index contributed by atoms with van der Waals surface area (Å²) in [5, 5.41) is -0.227. The van der Waals surface area contributed by atoms with Gasteiger partial charge in [-0.25, -0.2) is 9.37 Å². The third kappa shape index (κ3) is 2.15. The molecule has 5 heteroatoms. The SMILES string of the molecule is CN(C)C(=O)c1cnc(Cl)c(F)c1. The van der Waals surface area contributed by atoms with Gasteiger partial charge in [0.2, 0.25) is 0 Å². The van der Waals surface area contributed by atoms with E-state index in [1.807, 2.05) is 0 Å². The van der Waals surface area contributed by atoms with Crippen LogP contribution in [0.25, 0.3) is 0 Å². The Labute approximate surface area is 80.1 Å². The maximum absolute atomic E-state index is 12.8. The van der Waals surface area contributed by atoms with Crippen molar-refractivity contribution in [3.05, 3.63) is 28.8 Å². The second-order valence-corrected chi connectivity index (χ2v) is 3.05.